The molecule has 0 atom stereocenters. The lowest BCUT2D eigenvalue weighted by Crippen LogP contribution is -2.15. The minimum atomic E-state index is -0.426. The van der Waals surface area contributed by atoms with Gasteiger partial charge in [-0.05, 0) is 36.8 Å². The molecular formula is C19H18FN3O3. The SMILES string of the molecule is CCCOC(=O)c1cccc(NC(=O)Cc2cn3cc(F)ccc3n2)c1. The van der Waals surface area contributed by atoms with Crippen molar-refractivity contribution in [1.29, 1.82) is 0 Å². The van der Waals surface area contributed by atoms with Gasteiger partial charge in [-0.1, -0.05) is 13.0 Å². The van der Waals surface area contributed by atoms with Crippen LogP contribution in [0.15, 0.2) is 48.8 Å². The Labute approximate surface area is 149 Å². The molecule has 0 fully saturated rings. The molecule has 2 aromatic heterocycles. The fraction of sp³-hybridized carbons (Fsp3) is 0.211. The van der Waals surface area contributed by atoms with Crippen LogP contribution < -0.4 is 5.32 Å². The summed E-state index contributed by atoms with van der Waals surface area (Å²) in [4.78, 5) is 28.4. The van der Waals surface area contributed by atoms with Gasteiger partial charge < -0.3 is 14.5 Å². The van der Waals surface area contributed by atoms with Gasteiger partial charge in [0.25, 0.3) is 0 Å². The number of halogens is 1. The van der Waals surface area contributed by atoms with E-state index >= 15 is 0 Å². The van der Waals surface area contributed by atoms with Crippen molar-refractivity contribution in [2.24, 2.45) is 0 Å². The van der Waals surface area contributed by atoms with Gasteiger partial charge in [-0.25, -0.2) is 14.2 Å². The fourth-order valence-corrected chi connectivity index (χ4v) is 2.47. The Bertz CT molecular complexity index is 952. The third kappa shape index (κ3) is 4.24. The summed E-state index contributed by atoms with van der Waals surface area (Å²) in [6, 6.07) is 9.41. The van der Waals surface area contributed by atoms with Crippen LogP contribution in [0, 0.1) is 5.82 Å². The van der Waals surface area contributed by atoms with Gasteiger partial charge in [0.15, 0.2) is 0 Å². The molecule has 1 N–H and O–H groups in total. The zero-order chi connectivity index (χ0) is 18.5. The van der Waals surface area contributed by atoms with Crippen LogP contribution in [0.5, 0.6) is 0 Å². The number of imidazole rings is 1. The number of carbonyl (C=O) groups is 2. The molecule has 6 nitrogen and oxygen atoms in total. The molecule has 0 saturated carbocycles. The van der Waals surface area contributed by atoms with Crippen molar-refractivity contribution in [2.45, 2.75) is 19.8 Å². The average molecular weight is 355 g/mol. The van der Waals surface area contributed by atoms with Gasteiger partial charge in [0.2, 0.25) is 5.91 Å². The zero-order valence-electron chi connectivity index (χ0n) is 14.2. The van der Waals surface area contributed by atoms with Crippen LogP contribution in [0.3, 0.4) is 0 Å². The first-order valence-electron chi connectivity index (χ1n) is 8.25. The number of hydrogen-bond acceptors (Lipinski definition) is 4. The van der Waals surface area contributed by atoms with Crippen LogP contribution in [0.1, 0.15) is 29.4 Å². The highest BCUT2D eigenvalue weighted by atomic mass is 19.1. The maximum Gasteiger partial charge on any atom is 0.338 e. The molecule has 2 heterocycles. The van der Waals surface area contributed by atoms with Crippen molar-refractivity contribution in [3.05, 3.63) is 65.9 Å². The highest BCUT2D eigenvalue weighted by Crippen LogP contribution is 2.13. The second-order valence-electron chi connectivity index (χ2n) is 5.79. The predicted octanol–water partition coefficient (Wildman–Crippen LogP) is 3.22. The minimum absolute atomic E-state index is 0.0355. The summed E-state index contributed by atoms with van der Waals surface area (Å²) in [6.45, 7) is 2.27. The Balaban J connectivity index is 1.66. The quantitative estimate of drug-likeness (QED) is 0.689. The lowest BCUT2D eigenvalue weighted by molar-refractivity contribution is -0.115. The third-order valence-electron chi connectivity index (χ3n) is 3.63. The molecule has 0 aliphatic heterocycles. The Morgan fingerprint density at radius 1 is 1.23 bits per heavy atom. The van der Waals surface area contributed by atoms with Gasteiger partial charge in [-0.3, -0.25) is 4.79 Å². The highest BCUT2D eigenvalue weighted by Gasteiger charge is 2.11. The number of esters is 1. The molecule has 0 aliphatic carbocycles. The molecule has 134 valence electrons. The maximum atomic E-state index is 13.2. The first-order valence-corrected chi connectivity index (χ1v) is 8.25. The molecule has 26 heavy (non-hydrogen) atoms. The molecule has 3 rings (SSSR count). The molecule has 1 amide bonds. The number of amides is 1. The van der Waals surface area contributed by atoms with E-state index in [0.717, 1.165) is 6.42 Å². The molecule has 1 aromatic carbocycles. The van der Waals surface area contributed by atoms with E-state index < -0.39 is 5.97 Å². The number of benzene rings is 1. The molecule has 0 aliphatic rings. The molecule has 0 unspecified atom stereocenters. The first kappa shape index (κ1) is 17.6. The Morgan fingerprint density at radius 3 is 2.88 bits per heavy atom. The largest absolute Gasteiger partial charge is 0.462 e. The number of anilines is 1. The number of rotatable bonds is 6. The number of carbonyl (C=O) groups excluding carboxylic acids is 2. The number of nitrogens with one attached hydrogen (secondary N) is 1. The number of ether oxygens (including phenoxy) is 1. The monoisotopic (exact) mass is 355 g/mol. The fourth-order valence-electron chi connectivity index (χ4n) is 2.47. The second kappa shape index (κ2) is 7.77. The van der Waals surface area contributed by atoms with Crippen molar-refractivity contribution in [2.75, 3.05) is 11.9 Å². The van der Waals surface area contributed by atoms with E-state index in [4.69, 9.17) is 4.74 Å². The number of nitrogens with zero attached hydrogens (tertiary/aromatic N) is 2. The maximum absolute atomic E-state index is 13.2. The topological polar surface area (TPSA) is 72.7 Å². The lowest BCUT2D eigenvalue weighted by atomic mass is 10.2. The van der Waals surface area contributed by atoms with Crippen LogP contribution in [-0.4, -0.2) is 27.9 Å². The third-order valence-corrected chi connectivity index (χ3v) is 3.63. The van der Waals surface area contributed by atoms with Crippen molar-refractivity contribution >= 4 is 23.2 Å². The van der Waals surface area contributed by atoms with E-state index in [-0.39, 0.29) is 18.1 Å². The van der Waals surface area contributed by atoms with Crippen LogP contribution in [0.2, 0.25) is 0 Å². The van der Waals surface area contributed by atoms with Gasteiger partial charge in [-0.2, -0.15) is 0 Å². The number of aromatic nitrogens is 2. The van der Waals surface area contributed by atoms with Crippen molar-refractivity contribution in [1.82, 2.24) is 9.38 Å². The summed E-state index contributed by atoms with van der Waals surface area (Å²) in [6.07, 6.45) is 3.69. The van der Waals surface area contributed by atoms with Crippen LogP contribution in [0.25, 0.3) is 5.65 Å². The average Bonchev–Trinajstić information content (AvgIpc) is 3.00. The van der Waals surface area contributed by atoms with Gasteiger partial charge in [-0.15, -0.1) is 0 Å². The van der Waals surface area contributed by atoms with E-state index in [1.807, 2.05) is 6.92 Å². The summed E-state index contributed by atoms with van der Waals surface area (Å²) in [5.41, 5.74) is 1.96. The Morgan fingerprint density at radius 2 is 2.08 bits per heavy atom. The van der Waals surface area contributed by atoms with E-state index in [2.05, 4.69) is 10.3 Å². The smallest absolute Gasteiger partial charge is 0.338 e. The Hall–Kier alpha value is -3.22. The molecule has 0 radical (unpaired) electrons. The van der Waals surface area contributed by atoms with Crippen molar-refractivity contribution in [3.63, 3.8) is 0 Å². The summed E-state index contributed by atoms with van der Waals surface area (Å²) in [7, 11) is 0. The van der Waals surface area contributed by atoms with Crippen LogP contribution >= 0.6 is 0 Å². The van der Waals surface area contributed by atoms with E-state index in [0.29, 0.717) is 29.2 Å². The second-order valence-corrected chi connectivity index (χ2v) is 5.79. The van der Waals surface area contributed by atoms with Gasteiger partial charge in [0.1, 0.15) is 11.5 Å². The summed E-state index contributed by atoms with van der Waals surface area (Å²) >= 11 is 0. The van der Waals surface area contributed by atoms with E-state index in [1.165, 1.54) is 16.7 Å². The normalized spacial score (nSPS) is 10.7. The summed E-state index contributed by atoms with van der Waals surface area (Å²) in [5.74, 6) is -1.09. The zero-order valence-corrected chi connectivity index (χ0v) is 14.2. The van der Waals surface area contributed by atoms with Crippen LogP contribution in [0.4, 0.5) is 10.1 Å². The summed E-state index contributed by atoms with van der Waals surface area (Å²) in [5, 5.41) is 2.73. The van der Waals surface area contributed by atoms with Gasteiger partial charge >= 0.3 is 5.97 Å². The highest BCUT2D eigenvalue weighted by molar-refractivity contribution is 5.95. The van der Waals surface area contributed by atoms with E-state index in [9.17, 15) is 14.0 Å². The van der Waals surface area contributed by atoms with E-state index in [1.54, 1.807) is 36.5 Å². The molecule has 0 saturated heterocycles. The Kier molecular flexibility index (Phi) is 5.26. The molecule has 0 bridgehead atoms. The lowest BCUT2D eigenvalue weighted by Gasteiger charge is -2.07. The summed E-state index contributed by atoms with van der Waals surface area (Å²) < 4.78 is 19.8. The number of pyridine rings is 1. The van der Waals surface area contributed by atoms with Gasteiger partial charge in [0, 0.05) is 18.1 Å². The first-order chi connectivity index (χ1) is 12.5. The number of fused-ring (bicyclic) bond motifs is 1. The molecule has 3 aromatic rings. The molecular weight excluding hydrogens is 337 g/mol. The van der Waals surface area contributed by atoms with Crippen molar-refractivity contribution in [3.8, 4) is 0 Å². The van der Waals surface area contributed by atoms with Crippen molar-refractivity contribution < 1.29 is 18.7 Å². The number of hydrogen-bond donors (Lipinski definition) is 1. The standard InChI is InChI=1S/C19H18FN3O3/c1-2-8-26-19(25)13-4-3-5-15(9-13)22-18(24)10-16-12-23-11-14(20)6-7-17(23)21-16/h3-7,9,11-12H,2,8,10H2,1H3,(H,22,24). The molecule has 0 spiro atoms. The molecule has 7 heteroatoms. The minimum Gasteiger partial charge on any atom is -0.462 e. The van der Waals surface area contributed by atoms with Crippen LogP contribution in [-0.2, 0) is 16.0 Å². The van der Waals surface area contributed by atoms with Gasteiger partial charge in [0.05, 0.1) is 24.3 Å². The predicted molar refractivity (Wildman–Crippen MR) is 94.5 cm³/mol.